The predicted molar refractivity (Wildman–Crippen MR) is 86.4 cm³/mol. The van der Waals surface area contributed by atoms with Gasteiger partial charge in [0.2, 0.25) is 10.0 Å². The molecule has 1 fully saturated rings. The second kappa shape index (κ2) is 6.34. The lowest BCUT2D eigenvalue weighted by Crippen LogP contribution is -2.40. The molecule has 0 atom stereocenters. The number of nitrogens with one attached hydrogen (secondary N) is 1. The number of ether oxygens (including phenoxy) is 1. The van der Waals surface area contributed by atoms with Crippen molar-refractivity contribution in [2.24, 2.45) is 7.05 Å². The van der Waals surface area contributed by atoms with Gasteiger partial charge in [-0.15, -0.1) is 0 Å². The van der Waals surface area contributed by atoms with Gasteiger partial charge in [0.05, 0.1) is 23.8 Å². The van der Waals surface area contributed by atoms with Crippen molar-refractivity contribution in [2.75, 3.05) is 26.3 Å². The number of carbonyl (C=O) groups excluding carboxylic acids is 1. The highest BCUT2D eigenvalue weighted by Gasteiger charge is 2.26. The number of aromatic amines is 1. The van der Waals surface area contributed by atoms with Crippen LogP contribution < -0.4 is 5.56 Å². The molecule has 9 heteroatoms. The summed E-state index contributed by atoms with van der Waals surface area (Å²) >= 11 is 0. The first-order chi connectivity index (χ1) is 11.4. The van der Waals surface area contributed by atoms with Gasteiger partial charge in [-0.2, -0.15) is 4.31 Å². The summed E-state index contributed by atoms with van der Waals surface area (Å²) in [6.07, 6.45) is 0.493. The van der Waals surface area contributed by atoms with Gasteiger partial charge in [-0.05, 0) is 12.1 Å². The van der Waals surface area contributed by atoms with Crippen molar-refractivity contribution >= 4 is 16.3 Å². The largest absolute Gasteiger partial charge is 0.379 e. The molecule has 1 aromatic carbocycles. The molecule has 2 aromatic rings. The quantitative estimate of drug-likeness (QED) is 0.794. The summed E-state index contributed by atoms with van der Waals surface area (Å²) in [6.45, 7) is 1.41. The third-order valence-corrected chi connectivity index (χ3v) is 5.87. The van der Waals surface area contributed by atoms with Crippen LogP contribution in [0.25, 0.3) is 11.3 Å². The number of morpholine rings is 1. The lowest BCUT2D eigenvalue weighted by atomic mass is 10.1. The fourth-order valence-corrected chi connectivity index (χ4v) is 4.03. The molecule has 24 heavy (non-hydrogen) atoms. The van der Waals surface area contributed by atoms with E-state index in [-0.39, 0.29) is 10.5 Å². The predicted octanol–water partition coefficient (Wildman–Crippen LogP) is 0.214. The second-order valence-electron chi connectivity index (χ2n) is 5.42. The average molecular weight is 351 g/mol. The van der Waals surface area contributed by atoms with E-state index < -0.39 is 15.6 Å². The Morgan fingerprint density at radius 2 is 1.79 bits per heavy atom. The van der Waals surface area contributed by atoms with Crippen molar-refractivity contribution in [3.8, 4) is 11.3 Å². The number of aromatic nitrogens is 2. The molecule has 0 saturated carbocycles. The highest BCUT2D eigenvalue weighted by Crippen LogP contribution is 2.23. The van der Waals surface area contributed by atoms with Gasteiger partial charge in [0.1, 0.15) is 5.56 Å². The SMILES string of the molecule is Cn1[nH]c(-c2ccc(S(=O)(=O)N3CCOCC3)cc2)c(C=O)c1=O. The Balaban J connectivity index is 1.95. The molecule has 0 amide bonds. The first-order valence-electron chi connectivity index (χ1n) is 7.37. The molecule has 1 saturated heterocycles. The van der Waals surface area contributed by atoms with E-state index in [2.05, 4.69) is 5.10 Å². The Morgan fingerprint density at radius 3 is 2.38 bits per heavy atom. The van der Waals surface area contributed by atoms with Crippen molar-refractivity contribution in [3.63, 3.8) is 0 Å². The van der Waals surface area contributed by atoms with Crippen LogP contribution in [0.3, 0.4) is 0 Å². The molecule has 2 heterocycles. The smallest absolute Gasteiger partial charge is 0.277 e. The van der Waals surface area contributed by atoms with Crippen molar-refractivity contribution in [1.29, 1.82) is 0 Å². The Hall–Kier alpha value is -2.23. The third-order valence-electron chi connectivity index (χ3n) is 3.95. The number of nitrogens with zero attached hydrogens (tertiary/aromatic N) is 2. The number of hydrogen-bond acceptors (Lipinski definition) is 5. The van der Waals surface area contributed by atoms with E-state index in [4.69, 9.17) is 4.74 Å². The lowest BCUT2D eigenvalue weighted by molar-refractivity contribution is 0.0730. The highest BCUT2D eigenvalue weighted by atomic mass is 32.2. The molecule has 1 aliphatic rings. The molecule has 0 radical (unpaired) electrons. The van der Waals surface area contributed by atoms with Gasteiger partial charge in [-0.3, -0.25) is 19.4 Å². The van der Waals surface area contributed by atoms with E-state index in [1.807, 2.05) is 0 Å². The maximum absolute atomic E-state index is 12.6. The molecule has 128 valence electrons. The van der Waals surface area contributed by atoms with Gasteiger partial charge in [0.25, 0.3) is 5.56 Å². The minimum absolute atomic E-state index is 0.0151. The molecular formula is C15H17N3O5S. The van der Waals surface area contributed by atoms with E-state index >= 15 is 0 Å². The van der Waals surface area contributed by atoms with E-state index in [0.29, 0.717) is 43.8 Å². The van der Waals surface area contributed by atoms with Gasteiger partial charge >= 0.3 is 0 Å². The average Bonchev–Trinajstić information content (AvgIpc) is 2.90. The van der Waals surface area contributed by atoms with Gasteiger partial charge in [0.15, 0.2) is 6.29 Å². The molecule has 1 aliphatic heterocycles. The molecule has 0 unspecified atom stereocenters. The van der Waals surface area contributed by atoms with Crippen molar-refractivity contribution in [1.82, 2.24) is 14.1 Å². The van der Waals surface area contributed by atoms with E-state index in [1.165, 1.54) is 28.2 Å². The van der Waals surface area contributed by atoms with Gasteiger partial charge < -0.3 is 4.74 Å². The van der Waals surface area contributed by atoms with Crippen LogP contribution in [-0.4, -0.2) is 55.1 Å². The summed E-state index contributed by atoms with van der Waals surface area (Å²) in [5.74, 6) is 0. The summed E-state index contributed by atoms with van der Waals surface area (Å²) < 4.78 is 32.9. The summed E-state index contributed by atoms with van der Waals surface area (Å²) in [4.78, 5) is 23.1. The monoisotopic (exact) mass is 351 g/mol. The molecule has 1 N–H and O–H groups in total. The fraction of sp³-hybridized carbons (Fsp3) is 0.333. The van der Waals surface area contributed by atoms with E-state index in [1.54, 1.807) is 12.1 Å². The number of sulfonamides is 1. The first-order valence-corrected chi connectivity index (χ1v) is 8.81. The summed E-state index contributed by atoms with van der Waals surface area (Å²) in [7, 11) is -2.06. The van der Waals surface area contributed by atoms with Crippen molar-refractivity contribution < 1.29 is 17.9 Å². The zero-order valence-corrected chi connectivity index (χ0v) is 13.9. The zero-order chi connectivity index (χ0) is 17.3. The van der Waals surface area contributed by atoms with Crippen LogP contribution in [0.5, 0.6) is 0 Å². The number of hydrogen-bond donors (Lipinski definition) is 1. The number of rotatable bonds is 4. The standard InChI is InChI=1S/C15H17N3O5S/c1-17-15(20)13(10-19)14(16-17)11-2-4-12(5-3-11)24(21,22)18-6-8-23-9-7-18/h2-5,10,16H,6-9H2,1H3. The molecule has 8 nitrogen and oxygen atoms in total. The normalized spacial score (nSPS) is 16.2. The number of carbonyl (C=O) groups is 1. The van der Waals surface area contributed by atoms with E-state index in [9.17, 15) is 18.0 Å². The van der Waals surface area contributed by atoms with Crippen molar-refractivity contribution in [3.05, 3.63) is 40.2 Å². The number of H-pyrrole nitrogens is 1. The first kappa shape index (κ1) is 16.6. The number of aryl methyl sites for hydroxylation is 1. The maximum Gasteiger partial charge on any atom is 0.277 e. The van der Waals surface area contributed by atoms with Crippen LogP contribution >= 0.6 is 0 Å². The number of aldehydes is 1. The van der Waals surface area contributed by atoms with Gasteiger partial charge in [-0.1, -0.05) is 12.1 Å². The molecule has 0 bridgehead atoms. The van der Waals surface area contributed by atoms with Crippen LogP contribution in [0, 0.1) is 0 Å². The lowest BCUT2D eigenvalue weighted by Gasteiger charge is -2.26. The Morgan fingerprint density at radius 1 is 1.17 bits per heavy atom. The summed E-state index contributed by atoms with van der Waals surface area (Å²) in [6, 6.07) is 6.09. The van der Waals surface area contributed by atoms with Crippen molar-refractivity contribution in [2.45, 2.75) is 4.90 Å². The Labute approximate surface area is 138 Å². The van der Waals surface area contributed by atoms with Crippen LogP contribution in [0.15, 0.2) is 34.0 Å². The molecule has 1 aromatic heterocycles. The minimum atomic E-state index is -3.57. The number of benzene rings is 1. The van der Waals surface area contributed by atoms with Crippen LogP contribution in [0.1, 0.15) is 10.4 Å². The molecule has 0 spiro atoms. The Kier molecular flexibility index (Phi) is 4.39. The van der Waals surface area contributed by atoms with Gasteiger partial charge in [0, 0.05) is 25.7 Å². The Bertz CT molecular complexity index is 906. The highest BCUT2D eigenvalue weighted by molar-refractivity contribution is 7.89. The van der Waals surface area contributed by atoms with Gasteiger partial charge in [-0.25, -0.2) is 8.42 Å². The zero-order valence-electron chi connectivity index (χ0n) is 13.1. The molecule has 3 rings (SSSR count). The van der Waals surface area contributed by atoms with Crippen LogP contribution in [0.2, 0.25) is 0 Å². The maximum atomic E-state index is 12.6. The van der Waals surface area contributed by atoms with E-state index in [0.717, 1.165) is 0 Å². The molecular weight excluding hydrogens is 334 g/mol. The summed E-state index contributed by atoms with van der Waals surface area (Å²) in [5, 5.41) is 2.80. The fourth-order valence-electron chi connectivity index (χ4n) is 2.63. The van der Waals surface area contributed by atoms with Crippen LogP contribution in [0.4, 0.5) is 0 Å². The molecule has 0 aliphatic carbocycles. The topological polar surface area (TPSA) is 101 Å². The van der Waals surface area contributed by atoms with Crippen LogP contribution in [-0.2, 0) is 21.8 Å². The summed E-state index contributed by atoms with van der Waals surface area (Å²) in [5.41, 5.74) is 0.523. The second-order valence-corrected chi connectivity index (χ2v) is 7.36. The minimum Gasteiger partial charge on any atom is -0.379 e. The third kappa shape index (κ3) is 2.81.